The van der Waals surface area contributed by atoms with Gasteiger partial charge in [0, 0.05) is 0 Å². The summed E-state index contributed by atoms with van der Waals surface area (Å²) in [7, 11) is 0. The third-order valence-electron chi connectivity index (χ3n) is 5.89. The molecule has 2 heterocycles. The Hall–Kier alpha value is -4.05. The molecule has 0 saturated carbocycles. The van der Waals surface area contributed by atoms with Crippen molar-refractivity contribution < 1.29 is 9.59 Å². The quantitative estimate of drug-likeness (QED) is 0.165. The summed E-state index contributed by atoms with van der Waals surface area (Å²) in [5.41, 5.74) is 2.25. The Morgan fingerprint density at radius 2 is 1.41 bits per heavy atom. The van der Waals surface area contributed by atoms with Gasteiger partial charge >= 0.3 is 203 Å². The maximum atomic E-state index is 12.8. The van der Waals surface area contributed by atoms with Crippen molar-refractivity contribution in [2.75, 3.05) is 4.90 Å². The van der Waals surface area contributed by atoms with E-state index in [-0.39, 0.29) is 31.6 Å². The van der Waals surface area contributed by atoms with Gasteiger partial charge < -0.3 is 0 Å². The van der Waals surface area contributed by atoms with Crippen molar-refractivity contribution in [3.63, 3.8) is 0 Å². The van der Waals surface area contributed by atoms with Gasteiger partial charge in [0.1, 0.15) is 0 Å². The SMILES string of the molecule is O=C1C(=Cc2ccc(N(c3ccc4ccccc4c3)c3ccccn3)[se]2)C(=O)c2ccccc21. The number of aromatic nitrogens is 1. The number of ketones is 2. The van der Waals surface area contributed by atoms with Crippen molar-refractivity contribution in [3.05, 3.63) is 124 Å². The Kier molecular flexibility index (Phi) is 5.06. The predicted molar refractivity (Wildman–Crippen MR) is 136 cm³/mol. The molecule has 5 heteroatoms. The molecule has 0 radical (unpaired) electrons. The van der Waals surface area contributed by atoms with E-state index in [0.29, 0.717) is 11.1 Å². The number of carbonyl (C=O) groups excluding carboxylic acids is 2. The van der Waals surface area contributed by atoms with Crippen LogP contribution in [-0.2, 0) is 0 Å². The molecule has 3 aromatic carbocycles. The average molecular weight is 505 g/mol. The number of hydrogen-bond donors (Lipinski definition) is 0. The van der Waals surface area contributed by atoms with Crippen LogP contribution < -0.4 is 4.90 Å². The summed E-state index contributed by atoms with van der Waals surface area (Å²) in [5.74, 6) is 0.442. The Bertz CT molecular complexity index is 1560. The molecule has 0 bridgehead atoms. The summed E-state index contributed by atoms with van der Waals surface area (Å²) in [5, 5.41) is 2.33. The molecule has 0 fully saturated rings. The number of fused-ring (bicyclic) bond motifs is 2. The first-order valence-corrected chi connectivity index (χ1v) is 12.6. The molecule has 1 aliphatic rings. The van der Waals surface area contributed by atoms with Gasteiger partial charge in [-0.2, -0.15) is 0 Å². The minimum atomic E-state index is -0.193. The molecule has 34 heavy (non-hydrogen) atoms. The summed E-state index contributed by atoms with van der Waals surface area (Å²) < 4.78 is 2.07. The second kappa shape index (κ2) is 8.38. The van der Waals surface area contributed by atoms with Gasteiger partial charge in [-0.15, -0.1) is 0 Å². The first-order chi connectivity index (χ1) is 16.7. The molecule has 0 N–H and O–H groups in total. The van der Waals surface area contributed by atoms with Gasteiger partial charge in [0.25, 0.3) is 0 Å². The standard InChI is InChI=1S/C29H18N2O2Se/c32-28-23-9-3-4-10-24(23)29(33)25(28)18-22-14-15-27(34-22)31(26-11-5-6-16-30-26)21-13-12-19-7-1-2-8-20(19)17-21/h1-18H. The molecule has 4 nitrogen and oxygen atoms in total. The Labute approximate surface area is 202 Å². The van der Waals surface area contributed by atoms with Crippen molar-refractivity contribution in [1.29, 1.82) is 0 Å². The van der Waals surface area contributed by atoms with Crippen LogP contribution in [0.5, 0.6) is 0 Å². The molecule has 162 valence electrons. The van der Waals surface area contributed by atoms with Gasteiger partial charge in [-0.1, -0.05) is 0 Å². The van der Waals surface area contributed by atoms with Crippen molar-refractivity contribution in [2.24, 2.45) is 0 Å². The Morgan fingerprint density at radius 3 is 2.15 bits per heavy atom. The zero-order valence-electron chi connectivity index (χ0n) is 18.0. The number of rotatable bonds is 4. The van der Waals surface area contributed by atoms with Crippen molar-refractivity contribution in [1.82, 2.24) is 4.98 Å². The molecule has 0 amide bonds. The molecule has 5 aromatic rings. The molecule has 6 rings (SSSR count). The van der Waals surface area contributed by atoms with E-state index in [1.54, 1.807) is 36.5 Å². The van der Waals surface area contributed by atoms with E-state index in [1.165, 1.54) is 5.39 Å². The summed E-state index contributed by atoms with van der Waals surface area (Å²) in [4.78, 5) is 32.4. The van der Waals surface area contributed by atoms with Crippen LogP contribution in [0.4, 0.5) is 16.1 Å². The van der Waals surface area contributed by atoms with E-state index < -0.39 is 0 Å². The van der Waals surface area contributed by atoms with Crippen molar-refractivity contribution in [2.45, 2.75) is 0 Å². The van der Waals surface area contributed by atoms with E-state index >= 15 is 0 Å². The first-order valence-electron chi connectivity index (χ1n) is 10.9. The van der Waals surface area contributed by atoms with Crippen LogP contribution in [0.3, 0.4) is 0 Å². The van der Waals surface area contributed by atoms with Crippen LogP contribution in [0.25, 0.3) is 16.8 Å². The third-order valence-corrected chi connectivity index (χ3v) is 8.03. The summed E-state index contributed by atoms with van der Waals surface area (Å²) >= 11 is -0.106. The fourth-order valence-electron chi connectivity index (χ4n) is 4.26. The second-order valence-electron chi connectivity index (χ2n) is 7.99. The number of carbonyl (C=O) groups is 2. The number of pyridine rings is 1. The number of hydrogen-bond acceptors (Lipinski definition) is 4. The maximum absolute atomic E-state index is 12.8. The number of benzene rings is 3. The Balaban J connectivity index is 1.42. The van der Waals surface area contributed by atoms with E-state index in [1.807, 2.05) is 36.4 Å². The zero-order chi connectivity index (χ0) is 23.1. The molecular weight excluding hydrogens is 487 g/mol. The normalized spacial score (nSPS) is 12.8. The topological polar surface area (TPSA) is 50.3 Å². The van der Waals surface area contributed by atoms with Gasteiger partial charge in [0.15, 0.2) is 0 Å². The van der Waals surface area contributed by atoms with Gasteiger partial charge in [-0.25, -0.2) is 0 Å². The van der Waals surface area contributed by atoms with Crippen LogP contribution in [-0.4, -0.2) is 31.1 Å². The number of nitrogens with zero attached hydrogens (tertiary/aromatic N) is 2. The van der Waals surface area contributed by atoms with Crippen LogP contribution >= 0.6 is 0 Å². The molecular formula is C29H18N2O2Se. The fourth-order valence-corrected chi connectivity index (χ4v) is 6.32. The summed E-state index contributed by atoms with van der Waals surface area (Å²) in [6, 6.07) is 31.6. The summed E-state index contributed by atoms with van der Waals surface area (Å²) in [6.45, 7) is 0. The van der Waals surface area contributed by atoms with Gasteiger partial charge in [-0.3, -0.25) is 0 Å². The van der Waals surface area contributed by atoms with E-state index in [9.17, 15) is 9.59 Å². The molecule has 0 unspecified atom stereocenters. The molecule has 0 spiro atoms. The van der Waals surface area contributed by atoms with E-state index in [0.717, 1.165) is 25.9 Å². The number of Topliss-reactive ketones (excluding diaryl/α,β-unsaturated/α-hetero) is 2. The molecule has 0 aliphatic heterocycles. The number of allylic oxidation sites excluding steroid dienone is 1. The molecule has 1 aliphatic carbocycles. The first kappa shape index (κ1) is 20.5. The van der Waals surface area contributed by atoms with Crippen LogP contribution in [0, 0.1) is 0 Å². The Morgan fingerprint density at radius 1 is 0.706 bits per heavy atom. The van der Waals surface area contributed by atoms with Gasteiger partial charge in [-0.05, 0) is 0 Å². The molecule has 0 atom stereocenters. The molecule has 0 saturated heterocycles. The fraction of sp³-hybridized carbons (Fsp3) is 0. The molecule has 2 aromatic heterocycles. The minimum absolute atomic E-state index is 0.106. The second-order valence-corrected chi connectivity index (χ2v) is 10.3. The van der Waals surface area contributed by atoms with Crippen LogP contribution in [0.15, 0.2) is 109 Å². The third kappa shape index (κ3) is 3.52. The average Bonchev–Trinajstić information content (AvgIpc) is 3.44. The van der Waals surface area contributed by atoms with Crippen molar-refractivity contribution >= 4 is 59.0 Å². The van der Waals surface area contributed by atoms with Crippen LogP contribution in [0.2, 0.25) is 0 Å². The van der Waals surface area contributed by atoms with Crippen molar-refractivity contribution in [3.8, 4) is 0 Å². The van der Waals surface area contributed by atoms with Gasteiger partial charge in [0.05, 0.1) is 0 Å². The van der Waals surface area contributed by atoms with E-state index in [2.05, 4.69) is 46.3 Å². The predicted octanol–water partition coefficient (Wildman–Crippen LogP) is 6.22. The van der Waals surface area contributed by atoms with E-state index in [4.69, 9.17) is 0 Å². The summed E-state index contributed by atoms with van der Waals surface area (Å²) in [6.07, 6.45) is 3.56. The monoisotopic (exact) mass is 506 g/mol. The van der Waals surface area contributed by atoms with Crippen LogP contribution in [0.1, 0.15) is 25.2 Å². The zero-order valence-corrected chi connectivity index (χ0v) is 19.7. The number of anilines is 3. The van der Waals surface area contributed by atoms with Gasteiger partial charge in [0.2, 0.25) is 0 Å².